The minimum atomic E-state index is -0.544. The van der Waals surface area contributed by atoms with Gasteiger partial charge in [0.2, 0.25) is 5.58 Å². The van der Waals surface area contributed by atoms with Crippen LogP contribution in [0.4, 0.5) is 15.9 Å². The van der Waals surface area contributed by atoms with E-state index in [-0.39, 0.29) is 23.5 Å². The first-order valence-corrected chi connectivity index (χ1v) is 8.88. The van der Waals surface area contributed by atoms with Crippen LogP contribution in [0.25, 0.3) is 11.0 Å². The highest BCUT2D eigenvalue weighted by Gasteiger charge is 2.30. The van der Waals surface area contributed by atoms with Crippen LogP contribution in [0.2, 0.25) is 0 Å². The van der Waals surface area contributed by atoms with Crippen molar-refractivity contribution in [2.75, 3.05) is 49.2 Å². The van der Waals surface area contributed by atoms with Gasteiger partial charge in [-0.3, -0.25) is 4.79 Å². The zero-order valence-corrected chi connectivity index (χ0v) is 14.9. The van der Waals surface area contributed by atoms with Gasteiger partial charge < -0.3 is 23.8 Å². The van der Waals surface area contributed by atoms with Crippen molar-refractivity contribution in [2.24, 2.45) is 0 Å². The number of carbonyl (C=O) groups is 1. The van der Waals surface area contributed by atoms with Crippen molar-refractivity contribution in [1.29, 1.82) is 0 Å². The molecule has 26 heavy (non-hydrogen) atoms. The fourth-order valence-corrected chi connectivity index (χ4v) is 3.81. The quantitative estimate of drug-likeness (QED) is 0.775. The van der Waals surface area contributed by atoms with Crippen molar-refractivity contribution in [1.82, 2.24) is 5.16 Å². The zero-order valence-electron chi connectivity index (χ0n) is 14.9. The number of hydrogen-bond donors (Lipinski definition) is 0. The lowest BCUT2D eigenvalue weighted by Gasteiger charge is -2.37. The number of ether oxygens (including phenoxy) is 2. The van der Waals surface area contributed by atoms with Gasteiger partial charge in [-0.05, 0) is 19.9 Å². The van der Waals surface area contributed by atoms with E-state index in [1.54, 1.807) is 6.07 Å². The molecule has 1 aromatic carbocycles. The summed E-state index contributed by atoms with van der Waals surface area (Å²) >= 11 is 0. The highest BCUT2D eigenvalue weighted by molar-refractivity contribution is 5.99. The number of aromatic nitrogens is 1. The topological polar surface area (TPSA) is 68.0 Å². The van der Waals surface area contributed by atoms with Crippen LogP contribution in [-0.4, -0.2) is 63.0 Å². The Labute approximate surface area is 150 Å². The van der Waals surface area contributed by atoms with Gasteiger partial charge in [0.05, 0.1) is 36.5 Å². The standard InChI is InChI=1S/C18H22FN3O4/c1-11-8-22(9-12(2)25-11)16-13(10-23)7-14-17(15(16)19)26-20-18(14)21-3-5-24-6-4-21/h7,10-12H,3-6,8-9H2,1-2H3/t11-,12+. The molecule has 2 aromatic rings. The minimum absolute atomic E-state index is 0.0491. The minimum Gasteiger partial charge on any atom is -0.378 e. The number of nitrogens with zero attached hydrogens (tertiary/aromatic N) is 3. The molecule has 4 rings (SSSR count). The normalized spacial score (nSPS) is 24.3. The van der Waals surface area contributed by atoms with Gasteiger partial charge in [0.25, 0.3) is 0 Å². The Hall–Kier alpha value is -2.19. The Bertz CT molecular complexity index is 808. The number of carbonyl (C=O) groups excluding carboxylic acids is 1. The Morgan fingerprint density at radius 3 is 2.54 bits per heavy atom. The Balaban J connectivity index is 1.79. The molecule has 2 aliphatic heterocycles. The molecule has 8 heteroatoms. The lowest BCUT2D eigenvalue weighted by Crippen LogP contribution is -2.46. The van der Waals surface area contributed by atoms with Gasteiger partial charge >= 0.3 is 0 Å². The van der Waals surface area contributed by atoms with Crippen molar-refractivity contribution in [3.8, 4) is 0 Å². The summed E-state index contributed by atoms with van der Waals surface area (Å²) in [5, 5.41) is 4.59. The first-order valence-electron chi connectivity index (χ1n) is 8.88. The summed E-state index contributed by atoms with van der Waals surface area (Å²) in [5.74, 6) is 0.0125. The molecule has 0 N–H and O–H groups in total. The number of hydrogen-bond acceptors (Lipinski definition) is 7. The molecule has 0 spiro atoms. The van der Waals surface area contributed by atoms with E-state index in [1.807, 2.05) is 23.6 Å². The maximum Gasteiger partial charge on any atom is 0.206 e. The van der Waals surface area contributed by atoms with Crippen LogP contribution in [0.5, 0.6) is 0 Å². The summed E-state index contributed by atoms with van der Waals surface area (Å²) in [6.45, 7) is 7.36. The average molecular weight is 363 g/mol. The average Bonchev–Trinajstić information content (AvgIpc) is 3.05. The number of fused-ring (bicyclic) bond motifs is 1. The Morgan fingerprint density at radius 2 is 1.88 bits per heavy atom. The van der Waals surface area contributed by atoms with Gasteiger partial charge in [0, 0.05) is 31.7 Å². The van der Waals surface area contributed by atoms with Crippen LogP contribution < -0.4 is 9.80 Å². The maximum atomic E-state index is 15.3. The van der Waals surface area contributed by atoms with Gasteiger partial charge in [-0.1, -0.05) is 5.16 Å². The first-order chi connectivity index (χ1) is 12.6. The fourth-order valence-electron chi connectivity index (χ4n) is 3.81. The molecule has 0 aliphatic carbocycles. The summed E-state index contributed by atoms with van der Waals surface area (Å²) in [7, 11) is 0. The van der Waals surface area contributed by atoms with E-state index in [2.05, 4.69) is 5.16 Å². The van der Waals surface area contributed by atoms with Crippen LogP contribution in [0.3, 0.4) is 0 Å². The third kappa shape index (κ3) is 2.93. The SMILES string of the molecule is C[C@@H]1CN(c2c(C=O)cc3c(N4CCOCC4)noc3c2F)C[C@H](C)O1. The van der Waals surface area contributed by atoms with E-state index in [1.165, 1.54) is 0 Å². The molecule has 0 unspecified atom stereocenters. The molecular weight excluding hydrogens is 341 g/mol. The van der Waals surface area contributed by atoms with E-state index in [0.717, 1.165) is 0 Å². The summed E-state index contributed by atoms with van der Waals surface area (Å²) in [6, 6.07) is 1.67. The molecule has 1 aromatic heterocycles. The predicted octanol–water partition coefficient (Wildman–Crippen LogP) is 2.23. The second kappa shape index (κ2) is 6.85. The van der Waals surface area contributed by atoms with Crippen LogP contribution in [0.15, 0.2) is 10.6 Å². The summed E-state index contributed by atoms with van der Waals surface area (Å²) < 4.78 is 31.7. The number of benzene rings is 1. The van der Waals surface area contributed by atoms with Crippen molar-refractivity contribution in [3.63, 3.8) is 0 Å². The Morgan fingerprint density at radius 1 is 1.19 bits per heavy atom. The second-order valence-electron chi connectivity index (χ2n) is 6.89. The van der Waals surface area contributed by atoms with Gasteiger partial charge in [-0.15, -0.1) is 0 Å². The van der Waals surface area contributed by atoms with E-state index in [9.17, 15) is 4.79 Å². The molecular formula is C18H22FN3O4. The Kier molecular flexibility index (Phi) is 4.54. The fraction of sp³-hybridized carbons (Fsp3) is 0.556. The van der Waals surface area contributed by atoms with Crippen LogP contribution in [-0.2, 0) is 9.47 Å². The molecule has 2 atom stereocenters. The third-order valence-electron chi connectivity index (χ3n) is 4.86. The van der Waals surface area contributed by atoms with Crippen molar-refractivity contribution in [2.45, 2.75) is 26.1 Å². The van der Waals surface area contributed by atoms with Gasteiger partial charge in [0.15, 0.2) is 17.9 Å². The maximum absolute atomic E-state index is 15.3. The predicted molar refractivity (Wildman–Crippen MR) is 94.6 cm³/mol. The van der Waals surface area contributed by atoms with Crippen LogP contribution in [0, 0.1) is 5.82 Å². The van der Waals surface area contributed by atoms with Crippen LogP contribution in [0.1, 0.15) is 24.2 Å². The second-order valence-corrected chi connectivity index (χ2v) is 6.89. The lowest BCUT2D eigenvalue weighted by atomic mass is 10.1. The molecule has 0 radical (unpaired) electrons. The van der Waals surface area contributed by atoms with Crippen molar-refractivity contribution < 1.29 is 23.2 Å². The van der Waals surface area contributed by atoms with Gasteiger partial charge in [-0.25, -0.2) is 4.39 Å². The van der Waals surface area contributed by atoms with E-state index in [0.29, 0.717) is 62.4 Å². The molecule has 2 fully saturated rings. The highest BCUT2D eigenvalue weighted by Crippen LogP contribution is 2.36. The third-order valence-corrected chi connectivity index (χ3v) is 4.86. The molecule has 2 aliphatic rings. The summed E-state index contributed by atoms with van der Waals surface area (Å²) in [4.78, 5) is 15.6. The highest BCUT2D eigenvalue weighted by atomic mass is 19.1. The van der Waals surface area contributed by atoms with E-state index >= 15 is 4.39 Å². The molecule has 140 valence electrons. The molecule has 0 amide bonds. The van der Waals surface area contributed by atoms with Gasteiger partial charge in [0.1, 0.15) is 0 Å². The molecule has 2 saturated heterocycles. The number of aldehydes is 1. The van der Waals surface area contributed by atoms with E-state index in [4.69, 9.17) is 14.0 Å². The molecule has 0 saturated carbocycles. The van der Waals surface area contributed by atoms with Gasteiger partial charge in [-0.2, -0.15) is 0 Å². The number of anilines is 2. The smallest absolute Gasteiger partial charge is 0.206 e. The summed E-state index contributed by atoms with van der Waals surface area (Å²) in [6.07, 6.45) is 0.595. The number of morpholine rings is 2. The number of rotatable bonds is 3. The number of halogens is 1. The summed E-state index contributed by atoms with van der Waals surface area (Å²) in [5.41, 5.74) is 0.645. The largest absolute Gasteiger partial charge is 0.378 e. The van der Waals surface area contributed by atoms with Crippen molar-refractivity contribution >= 4 is 28.8 Å². The van der Waals surface area contributed by atoms with Crippen molar-refractivity contribution in [3.05, 3.63) is 17.4 Å². The molecule has 0 bridgehead atoms. The van der Waals surface area contributed by atoms with Crippen LogP contribution >= 0.6 is 0 Å². The molecule has 3 heterocycles. The van der Waals surface area contributed by atoms with E-state index < -0.39 is 5.82 Å². The lowest BCUT2D eigenvalue weighted by molar-refractivity contribution is -0.00543. The monoisotopic (exact) mass is 363 g/mol. The first kappa shape index (κ1) is 17.2. The molecule has 7 nitrogen and oxygen atoms in total. The zero-order chi connectivity index (χ0) is 18.3.